The molecule has 0 aliphatic heterocycles. The van der Waals surface area contributed by atoms with Crippen molar-refractivity contribution in [2.75, 3.05) is 19.0 Å². The Balaban J connectivity index is 2.34. The SMILES string of the molecule is COc1cccc(NC(C)(CO)c2nccnc2C)c1. The zero-order chi connectivity index (χ0) is 14.6. The Morgan fingerprint density at radius 3 is 2.70 bits per heavy atom. The topological polar surface area (TPSA) is 67.3 Å². The predicted octanol–water partition coefficient (Wildman–Crippen LogP) is 2.11. The number of nitrogens with zero attached hydrogens (tertiary/aromatic N) is 2. The van der Waals surface area contributed by atoms with Gasteiger partial charge in [-0.1, -0.05) is 6.07 Å². The van der Waals surface area contributed by atoms with E-state index in [4.69, 9.17) is 4.74 Å². The van der Waals surface area contributed by atoms with E-state index >= 15 is 0 Å². The zero-order valence-electron chi connectivity index (χ0n) is 11.9. The molecule has 106 valence electrons. The summed E-state index contributed by atoms with van der Waals surface area (Å²) in [6.07, 6.45) is 3.27. The Morgan fingerprint density at radius 1 is 1.30 bits per heavy atom. The van der Waals surface area contributed by atoms with Gasteiger partial charge in [0.15, 0.2) is 0 Å². The molecule has 2 rings (SSSR count). The summed E-state index contributed by atoms with van der Waals surface area (Å²) in [7, 11) is 1.62. The second kappa shape index (κ2) is 5.88. The molecule has 5 nitrogen and oxygen atoms in total. The molecule has 1 heterocycles. The minimum atomic E-state index is -0.704. The molecule has 0 aliphatic rings. The van der Waals surface area contributed by atoms with Crippen LogP contribution in [-0.4, -0.2) is 28.8 Å². The summed E-state index contributed by atoms with van der Waals surface area (Å²) in [5, 5.41) is 13.1. The van der Waals surface area contributed by atoms with Gasteiger partial charge >= 0.3 is 0 Å². The van der Waals surface area contributed by atoms with Gasteiger partial charge in [-0.2, -0.15) is 0 Å². The number of methoxy groups -OCH3 is 1. The number of aliphatic hydroxyl groups excluding tert-OH is 1. The first kappa shape index (κ1) is 14.3. The maximum Gasteiger partial charge on any atom is 0.120 e. The van der Waals surface area contributed by atoms with E-state index < -0.39 is 5.54 Å². The molecule has 2 N–H and O–H groups in total. The molecule has 0 radical (unpaired) electrons. The van der Waals surface area contributed by atoms with Crippen molar-refractivity contribution >= 4 is 5.69 Å². The normalized spacial score (nSPS) is 13.6. The van der Waals surface area contributed by atoms with Crippen LogP contribution in [0.15, 0.2) is 36.7 Å². The number of aromatic nitrogens is 2. The Morgan fingerprint density at radius 2 is 2.05 bits per heavy atom. The van der Waals surface area contributed by atoms with E-state index in [1.807, 2.05) is 38.1 Å². The van der Waals surface area contributed by atoms with E-state index in [1.165, 1.54) is 0 Å². The second-order valence-electron chi connectivity index (χ2n) is 4.84. The smallest absolute Gasteiger partial charge is 0.120 e. The number of ether oxygens (including phenoxy) is 1. The van der Waals surface area contributed by atoms with Crippen LogP contribution in [0.1, 0.15) is 18.3 Å². The third-order valence-electron chi connectivity index (χ3n) is 3.21. The van der Waals surface area contributed by atoms with Gasteiger partial charge in [-0.15, -0.1) is 0 Å². The highest BCUT2D eigenvalue weighted by molar-refractivity contribution is 5.51. The summed E-state index contributed by atoms with van der Waals surface area (Å²) in [5.74, 6) is 0.756. The molecule has 0 saturated carbocycles. The molecule has 0 aliphatic carbocycles. The molecule has 1 aromatic heterocycles. The first-order chi connectivity index (χ1) is 9.59. The summed E-state index contributed by atoms with van der Waals surface area (Å²) in [5.41, 5.74) is 1.67. The van der Waals surface area contributed by atoms with Crippen LogP contribution in [-0.2, 0) is 5.54 Å². The number of benzene rings is 1. The van der Waals surface area contributed by atoms with Crippen LogP contribution in [0.25, 0.3) is 0 Å². The molecule has 0 spiro atoms. The van der Waals surface area contributed by atoms with Gasteiger partial charge in [0, 0.05) is 24.1 Å². The number of aliphatic hydroxyl groups is 1. The van der Waals surface area contributed by atoms with E-state index in [0.29, 0.717) is 0 Å². The molecule has 0 saturated heterocycles. The van der Waals surface area contributed by atoms with Crippen molar-refractivity contribution in [1.29, 1.82) is 0 Å². The lowest BCUT2D eigenvalue weighted by Crippen LogP contribution is -2.37. The van der Waals surface area contributed by atoms with Crippen LogP contribution >= 0.6 is 0 Å². The molecule has 20 heavy (non-hydrogen) atoms. The molecular weight excluding hydrogens is 254 g/mol. The van der Waals surface area contributed by atoms with Crippen molar-refractivity contribution in [1.82, 2.24) is 9.97 Å². The number of hydrogen-bond acceptors (Lipinski definition) is 5. The van der Waals surface area contributed by atoms with E-state index in [0.717, 1.165) is 22.8 Å². The number of rotatable bonds is 5. The van der Waals surface area contributed by atoms with Gasteiger partial charge in [-0.3, -0.25) is 9.97 Å². The zero-order valence-corrected chi connectivity index (χ0v) is 11.9. The summed E-state index contributed by atoms with van der Waals surface area (Å²) >= 11 is 0. The Kier molecular flexibility index (Phi) is 4.20. The van der Waals surface area contributed by atoms with Crippen LogP contribution in [0.5, 0.6) is 5.75 Å². The van der Waals surface area contributed by atoms with Gasteiger partial charge in [0.1, 0.15) is 11.3 Å². The van der Waals surface area contributed by atoms with E-state index in [-0.39, 0.29) is 6.61 Å². The average Bonchev–Trinajstić information content (AvgIpc) is 2.47. The van der Waals surface area contributed by atoms with Gasteiger partial charge in [0.2, 0.25) is 0 Å². The van der Waals surface area contributed by atoms with Gasteiger partial charge in [-0.25, -0.2) is 0 Å². The highest BCUT2D eigenvalue weighted by Gasteiger charge is 2.29. The van der Waals surface area contributed by atoms with E-state index in [1.54, 1.807) is 19.5 Å². The fraction of sp³-hybridized carbons (Fsp3) is 0.333. The quantitative estimate of drug-likeness (QED) is 0.873. The van der Waals surface area contributed by atoms with Crippen LogP contribution in [0, 0.1) is 6.92 Å². The minimum Gasteiger partial charge on any atom is -0.497 e. The van der Waals surface area contributed by atoms with Crippen molar-refractivity contribution < 1.29 is 9.84 Å². The predicted molar refractivity (Wildman–Crippen MR) is 77.8 cm³/mol. The van der Waals surface area contributed by atoms with Crippen LogP contribution in [0.4, 0.5) is 5.69 Å². The molecule has 1 atom stereocenters. The summed E-state index contributed by atoms with van der Waals surface area (Å²) in [6, 6.07) is 7.55. The van der Waals surface area contributed by atoms with Gasteiger partial charge in [0.05, 0.1) is 25.1 Å². The molecule has 2 aromatic rings. The number of aryl methyl sites for hydroxylation is 1. The van der Waals surface area contributed by atoms with Crippen LogP contribution in [0.2, 0.25) is 0 Å². The largest absolute Gasteiger partial charge is 0.497 e. The van der Waals surface area contributed by atoms with Gasteiger partial charge < -0.3 is 15.2 Å². The Bertz CT molecular complexity index is 589. The molecular formula is C15H19N3O2. The number of nitrogens with one attached hydrogen (secondary N) is 1. The van der Waals surface area contributed by atoms with Crippen LogP contribution in [0.3, 0.4) is 0 Å². The van der Waals surface area contributed by atoms with Crippen molar-refractivity contribution in [2.24, 2.45) is 0 Å². The van der Waals surface area contributed by atoms with Crippen LogP contribution < -0.4 is 10.1 Å². The van der Waals surface area contributed by atoms with Gasteiger partial charge in [-0.05, 0) is 26.0 Å². The van der Waals surface area contributed by atoms with Crippen molar-refractivity contribution in [3.05, 3.63) is 48.0 Å². The standard InChI is InChI=1S/C15H19N3O2/c1-11-14(17-8-7-16-11)15(2,10-19)18-12-5-4-6-13(9-12)20-3/h4-9,18-19H,10H2,1-3H3. The molecule has 1 aromatic carbocycles. The monoisotopic (exact) mass is 273 g/mol. The molecule has 0 fully saturated rings. The maximum atomic E-state index is 9.79. The summed E-state index contributed by atoms with van der Waals surface area (Å²) in [4.78, 5) is 8.57. The lowest BCUT2D eigenvalue weighted by Gasteiger charge is -2.30. The minimum absolute atomic E-state index is 0.0935. The highest BCUT2D eigenvalue weighted by Crippen LogP contribution is 2.27. The lowest BCUT2D eigenvalue weighted by atomic mass is 9.96. The van der Waals surface area contributed by atoms with E-state index in [9.17, 15) is 5.11 Å². The first-order valence-corrected chi connectivity index (χ1v) is 6.40. The van der Waals surface area contributed by atoms with Gasteiger partial charge in [0.25, 0.3) is 0 Å². The lowest BCUT2D eigenvalue weighted by molar-refractivity contribution is 0.220. The average molecular weight is 273 g/mol. The fourth-order valence-corrected chi connectivity index (χ4v) is 2.14. The van der Waals surface area contributed by atoms with E-state index in [2.05, 4.69) is 15.3 Å². The molecule has 5 heteroatoms. The Labute approximate surface area is 118 Å². The van der Waals surface area contributed by atoms with Crippen molar-refractivity contribution in [3.63, 3.8) is 0 Å². The maximum absolute atomic E-state index is 9.79. The third kappa shape index (κ3) is 2.88. The Hall–Kier alpha value is -2.14. The molecule has 0 amide bonds. The molecule has 1 unspecified atom stereocenters. The number of hydrogen-bond donors (Lipinski definition) is 2. The molecule has 0 bridgehead atoms. The second-order valence-corrected chi connectivity index (χ2v) is 4.84. The summed E-state index contributed by atoms with van der Waals surface area (Å²) in [6.45, 7) is 3.68. The summed E-state index contributed by atoms with van der Waals surface area (Å²) < 4.78 is 5.20. The third-order valence-corrected chi connectivity index (χ3v) is 3.21. The fourth-order valence-electron chi connectivity index (χ4n) is 2.14. The first-order valence-electron chi connectivity index (χ1n) is 6.40. The van der Waals surface area contributed by atoms with Crippen molar-refractivity contribution in [2.45, 2.75) is 19.4 Å². The van der Waals surface area contributed by atoms with Crippen molar-refractivity contribution in [3.8, 4) is 5.75 Å². The number of anilines is 1. The highest BCUT2D eigenvalue weighted by atomic mass is 16.5.